The van der Waals surface area contributed by atoms with Gasteiger partial charge in [0.1, 0.15) is 17.1 Å². The summed E-state index contributed by atoms with van der Waals surface area (Å²) < 4.78 is 51.2. The normalized spacial score (nSPS) is 11.0. The quantitative estimate of drug-likeness (QED) is 0.213. The van der Waals surface area contributed by atoms with Crippen molar-refractivity contribution >= 4 is 35.0 Å². The van der Waals surface area contributed by atoms with Crippen LogP contribution in [-0.4, -0.2) is 24.2 Å². The third-order valence-electron chi connectivity index (χ3n) is 5.53. The van der Waals surface area contributed by atoms with Crippen LogP contribution in [0.3, 0.4) is 0 Å². The third-order valence-corrected chi connectivity index (χ3v) is 5.84. The minimum Gasteiger partial charge on any atom is -0.496 e. The molecule has 0 aromatic heterocycles. The van der Waals surface area contributed by atoms with Crippen LogP contribution in [-0.2, 0) is 6.18 Å². The number of carbonyl (C=O) groups is 2. The maximum atomic E-state index is 13.4. The summed E-state index contributed by atoms with van der Waals surface area (Å²) in [5, 5.41) is 14.6. The highest BCUT2D eigenvalue weighted by Crippen LogP contribution is 2.38. The van der Waals surface area contributed by atoms with Gasteiger partial charge in [-0.15, -0.1) is 0 Å². The minimum absolute atomic E-state index is 0.0811. The largest absolute Gasteiger partial charge is 0.496 e. The molecular formula is C28H20ClF3N2O5. The average Bonchev–Trinajstić information content (AvgIpc) is 2.90. The predicted molar refractivity (Wildman–Crippen MR) is 141 cm³/mol. The fraction of sp³-hybridized carbons (Fsp3) is 0.0714. The molecule has 4 rings (SSSR count). The Morgan fingerprint density at radius 3 is 2.08 bits per heavy atom. The number of carboxylic acid groups (broad SMARTS) is 1. The van der Waals surface area contributed by atoms with Gasteiger partial charge in [-0.05, 0) is 59.7 Å². The molecule has 200 valence electrons. The highest BCUT2D eigenvalue weighted by Gasteiger charge is 2.33. The summed E-state index contributed by atoms with van der Waals surface area (Å²) in [6.45, 7) is 0. The Kier molecular flexibility index (Phi) is 7.96. The number of nitrogens with one attached hydrogen (secondary N) is 2. The number of amides is 2. The van der Waals surface area contributed by atoms with Crippen LogP contribution in [0.25, 0.3) is 11.1 Å². The van der Waals surface area contributed by atoms with E-state index in [0.717, 1.165) is 12.1 Å². The van der Waals surface area contributed by atoms with Gasteiger partial charge in [-0.25, -0.2) is 9.59 Å². The Balaban J connectivity index is 1.72. The molecule has 0 bridgehead atoms. The number of para-hydroxylation sites is 2. The minimum atomic E-state index is -4.68. The number of alkyl halides is 3. The first-order valence-corrected chi connectivity index (χ1v) is 11.7. The van der Waals surface area contributed by atoms with Crippen LogP contribution in [0.5, 0.6) is 17.2 Å². The van der Waals surface area contributed by atoms with Crippen LogP contribution in [0.15, 0.2) is 84.9 Å². The number of hydrogen-bond donors (Lipinski definition) is 3. The molecule has 0 saturated carbocycles. The Morgan fingerprint density at radius 2 is 1.41 bits per heavy atom. The van der Waals surface area contributed by atoms with Crippen molar-refractivity contribution in [2.45, 2.75) is 6.18 Å². The summed E-state index contributed by atoms with van der Waals surface area (Å²) in [5.74, 6) is -0.632. The van der Waals surface area contributed by atoms with Gasteiger partial charge in [-0.2, -0.15) is 13.2 Å². The molecule has 39 heavy (non-hydrogen) atoms. The molecule has 11 heteroatoms. The van der Waals surface area contributed by atoms with Gasteiger partial charge in [0, 0.05) is 0 Å². The number of methoxy groups -OCH3 is 1. The number of aromatic carboxylic acids is 1. The third kappa shape index (κ3) is 6.42. The maximum absolute atomic E-state index is 13.4. The second-order valence-corrected chi connectivity index (χ2v) is 8.49. The van der Waals surface area contributed by atoms with Crippen molar-refractivity contribution in [2.24, 2.45) is 0 Å². The van der Waals surface area contributed by atoms with Crippen LogP contribution >= 0.6 is 11.6 Å². The summed E-state index contributed by atoms with van der Waals surface area (Å²) in [6, 6.07) is 19.3. The molecule has 0 aliphatic rings. The first-order valence-electron chi connectivity index (χ1n) is 11.3. The van der Waals surface area contributed by atoms with Crippen molar-refractivity contribution < 1.29 is 37.3 Å². The molecule has 7 nitrogen and oxygen atoms in total. The van der Waals surface area contributed by atoms with Gasteiger partial charge >= 0.3 is 18.2 Å². The van der Waals surface area contributed by atoms with Crippen molar-refractivity contribution in [2.75, 3.05) is 17.7 Å². The van der Waals surface area contributed by atoms with E-state index in [-0.39, 0.29) is 33.5 Å². The average molecular weight is 557 g/mol. The van der Waals surface area contributed by atoms with Crippen molar-refractivity contribution in [1.82, 2.24) is 0 Å². The standard InChI is InChI=1S/C28H20ClF3N2O5/c1-38-23-12-10-16(14-18(23)26(35)36)17-11-13-25(39-24-9-5-3-7-20(24)29)22(15-17)34-27(37)33-21-8-4-2-6-19(21)28(30,31)32/h2-15H,1H3,(H,35,36)(H2,33,34,37). The zero-order chi connectivity index (χ0) is 28.2. The first-order chi connectivity index (χ1) is 18.6. The lowest BCUT2D eigenvalue weighted by Crippen LogP contribution is -2.22. The molecule has 0 saturated heterocycles. The molecule has 0 atom stereocenters. The Hall–Kier alpha value is -4.70. The molecular weight excluding hydrogens is 537 g/mol. The molecule has 0 fully saturated rings. The summed E-state index contributed by atoms with van der Waals surface area (Å²) in [7, 11) is 1.35. The van der Waals surface area contributed by atoms with E-state index in [9.17, 15) is 27.9 Å². The van der Waals surface area contributed by atoms with Crippen molar-refractivity contribution in [3.8, 4) is 28.4 Å². The monoisotopic (exact) mass is 556 g/mol. The second-order valence-electron chi connectivity index (χ2n) is 8.09. The molecule has 0 aliphatic heterocycles. The molecule has 0 spiro atoms. The lowest BCUT2D eigenvalue weighted by molar-refractivity contribution is -0.136. The smallest absolute Gasteiger partial charge is 0.418 e. The number of rotatable bonds is 7. The van der Waals surface area contributed by atoms with Crippen molar-refractivity contribution in [3.63, 3.8) is 0 Å². The number of anilines is 2. The molecule has 0 unspecified atom stereocenters. The summed E-state index contributed by atoms with van der Waals surface area (Å²) in [4.78, 5) is 24.5. The molecule has 4 aromatic rings. The number of ether oxygens (including phenoxy) is 2. The van der Waals surface area contributed by atoms with E-state index in [2.05, 4.69) is 10.6 Å². The highest BCUT2D eigenvalue weighted by atomic mass is 35.5. The van der Waals surface area contributed by atoms with E-state index in [4.69, 9.17) is 21.1 Å². The van der Waals surface area contributed by atoms with E-state index >= 15 is 0 Å². The van der Waals surface area contributed by atoms with Gasteiger partial charge in [-0.1, -0.05) is 48.0 Å². The number of urea groups is 1. The Bertz CT molecular complexity index is 1540. The number of carboxylic acids is 1. The van der Waals surface area contributed by atoms with Gasteiger partial charge in [0.05, 0.1) is 29.1 Å². The number of hydrogen-bond acceptors (Lipinski definition) is 4. The molecule has 3 N–H and O–H groups in total. The SMILES string of the molecule is COc1ccc(-c2ccc(Oc3ccccc3Cl)c(NC(=O)Nc3ccccc3C(F)(F)F)c2)cc1C(=O)O. The van der Waals surface area contributed by atoms with E-state index < -0.39 is 29.4 Å². The van der Waals surface area contributed by atoms with E-state index in [1.165, 1.54) is 43.5 Å². The van der Waals surface area contributed by atoms with Crippen LogP contribution in [0.4, 0.5) is 29.3 Å². The fourth-order valence-corrected chi connectivity index (χ4v) is 3.89. The topological polar surface area (TPSA) is 96.9 Å². The molecule has 2 amide bonds. The zero-order valence-electron chi connectivity index (χ0n) is 20.2. The lowest BCUT2D eigenvalue weighted by atomic mass is 10.0. The fourth-order valence-electron chi connectivity index (χ4n) is 3.71. The maximum Gasteiger partial charge on any atom is 0.418 e. The first kappa shape index (κ1) is 27.3. The van der Waals surface area contributed by atoms with Crippen LogP contribution < -0.4 is 20.1 Å². The van der Waals surface area contributed by atoms with E-state index in [1.54, 1.807) is 36.4 Å². The molecule has 0 heterocycles. The molecule has 0 radical (unpaired) electrons. The highest BCUT2D eigenvalue weighted by molar-refractivity contribution is 6.32. The Morgan fingerprint density at radius 1 is 0.795 bits per heavy atom. The van der Waals surface area contributed by atoms with Crippen molar-refractivity contribution in [1.29, 1.82) is 0 Å². The van der Waals surface area contributed by atoms with Crippen LogP contribution in [0.2, 0.25) is 5.02 Å². The van der Waals surface area contributed by atoms with Gasteiger partial charge < -0.3 is 25.2 Å². The van der Waals surface area contributed by atoms with Gasteiger partial charge in [0.25, 0.3) is 0 Å². The van der Waals surface area contributed by atoms with Crippen LogP contribution in [0.1, 0.15) is 15.9 Å². The van der Waals surface area contributed by atoms with Gasteiger partial charge in [0.2, 0.25) is 0 Å². The summed E-state index contributed by atoms with van der Waals surface area (Å²) in [5.41, 5.74) is -0.486. The predicted octanol–water partition coefficient (Wildman–Crippen LogP) is 8.17. The number of halogens is 4. The van der Waals surface area contributed by atoms with Gasteiger partial charge in [-0.3, -0.25) is 0 Å². The van der Waals surface area contributed by atoms with Crippen LogP contribution in [0, 0.1) is 0 Å². The number of benzene rings is 4. The number of carbonyl (C=O) groups excluding carboxylic acids is 1. The van der Waals surface area contributed by atoms with E-state index in [0.29, 0.717) is 11.1 Å². The van der Waals surface area contributed by atoms with Gasteiger partial charge in [0.15, 0.2) is 5.75 Å². The molecule has 0 aliphatic carbocycles. The Labute approximate surface area is 225 Å². The molecule has 4 aromatic carbocycles. The lowest BCUT2D eigenvalue weighted by Gasteiger charge is -2.17. The van der Waals surface area contributed by atoms with E-state index in [1.807, 2.05) is 0 Å². The summed E-state index contributed by atoms with van der Waals surface area (Å²) in [6.07, 6.45) is -4.68. The van der Waals surface area contributed by atoms with Crippen molar-refractivity contribution in [3.05, 3.63) is 101 Å². The summed E-state index contributed by atoms with van der Waals surface area (Å²) >= 11 is 6.20. The second kappa shape index (κ2) is 11.4. The zero-order valence-corrected chi connectivity index (χ0v) is 20.9.